The van der Waals surface area contributed by atoms with Crippen LogP contribution in [0.2, 0.25) is 0 Å². The number of nitrogens with zero attached hydrogens (tertiary/aromatic N) is 1. The Hall–Kier alpha value is -4.17. The van der Waals surface area contributed by atoms with Gasteiger partial charge in [0, 0.05) is 23.3 Å². The molecule has 0 fully saturated rings. The van der Waals surface area contributed by atoms with Crippen molar-refractivity contribution in [2.75, 3.05) is 19.5 Å². The van der Waals surface area contributed by atoms with E-state index >= 15 is 0 Å². The van der Waals surface area contributed by atoms with Crippen LogP contribution in [0.4, 0.5) is 5.69 Å². The normalized spacial score (nSPS) is 11.4. The Morgan fingerprint density at radius 1 is 0.914 bits per heavy atom. The number of rotatable bonds is 7. The van der Waals surface area contributed by atoms with Gasteiger partial charge in [-0.2, -0.15) is 0 Å². The number of methoxy groups -OCH3 is 2. The van der Waals surface area contributed by atoms with Crippen molar-refractivity contribution in [1.82, 2.24) is 10.3 Å². The standard InChI is InChI=1S/C27H25N3O4S/c1-17(18-7-5-4-6-8-18)26(31)30-27(35)29-19-9-11-20(12-10-19)34-23-13-14-28-22-16-25(33-3)24(32-2)15-21(22)23/h4-17H,1-3H3,(H2,29,30,31,35)/t17-/m1/s1. The van der Waals surface area contributed by atoms with E-state index in [1.165, 1.54) is 0 Å². The molecule has 0 aliphatic rings. The lowest BCUT2D eigenvalue weighted by Gasteiger charge is -2.15. The Labute approximate surface area is 209 Å². The molecule has 4 aromatic rings. The van der Waals surface area contributed by atoms with Crippen LogP contribution < -0.4 is 24.8 Å². The van der Waals surface area contributed by atoms with E-state index in [0.29, 0.717) is 23.0 Å². The summed E-state index contributed by atoms with van der Waals surface area (Å²) in [5.41, 5.74) is 2.37. The molecule has 178 valence electrons. The average Bonchev–Trinajstić information content (AvgIpc) is 2.89. The van der Waals surface area contributed by atoms with Crippen molar-refractivity contribution < 1.29 is 19.0 Å². The molecule has 0 saturated carbocycles. The second-order valence-corrected chi connectivity index (χ2v) is 8.14. The van der Waals surface area contributed by atoms with Crippen LogP contribution in [0.1, 0.15) is 18.4 Å². The molecule has 0 saturated heterocycles. The summed E-state index contributed by atoms with van der Waals surface area (Å²) in [6.45, 7) is 1.84. The van der Waals surface area contributed by atoms with Gasteiger partial charge in [-0.25, -0.2) is 0 Å². The number of nitrogens with one attached hydrogen (secondary N) is 2. The maximum absolute atomic E-state index is 12.5. The molecule has 0 aliphatic heterocycles. The third-order valence-corrected chi connectivity index (χ3v) is 5.68. The summed E-state index contributed by atoms with van der Waals surface area (Å²) in [7, 11) is 3.17. The first kappa shape index (κ1) is 24.0. The zero-order valence-electron chi connectivity index (χ0n) is 19.6. The number of carbonyl (C=O) groups is 1. The first-order chi connectivity index (χ1) is 17.0. The molecule has 2 N–H and O–H groups in total. The van der Waals surface area contributed by atoms with Crippen LogP contribution in [-0.2, 0) is 4.79 Å². The molecule has 8 heteroatoms. The number of aromatic nitrogens is 1. The summed E-state index contributed by atoms with van der Waals surface area (Å²) >= 11 is 5.31. The fraction of sp³-hybridized carbons (Fsp3) is 0.148. The molecule has 0 unspecified atom stereocenters. The van der Waals surface area contributed by atoms with Crippen LogP contribution >= 0.6 is 12.2 Å². The second kappa shape index (κ2) is 10.8. The maximum Gasteiger partial charge on any atom is 0.233 e. The van der Waals surface area contributed by atoms with Crippen molar-refractivity contribution in [3.8, 4) is 23.0 Å². The largest absolute Gasteiger partial charge is 0.493 e. The third kappa shape index (κ3) is 5.67. The van der Waals surface area contributed by atoms with Crippen molar-refractivity contribution in [3.63, 3.8) is 0 Å². The van der Waals surface area contributed by atoms with E-state index in [9.17, 15) is 4.79 Å². The van der Waals surface area contributed by atoms with Crippen molar-refractivity contribution in [1.29, 1.82) is 0 Å². The molecule has 7 nitrogen and oxygen atoms in total. The lowest BCUT2D eigenvalue weighted by atomic mass is 10.0. The summed E-state index contributed by atoms with van der Waals surface area (Å²) in [5, 5.41) is 6.80. The molecule has 0 spiro atoms. The molecule has 1 aromatic heterocycles. The fourth-order valence-electron chi connectivity index (χ4n) is 3.55. The number of hydrogen-bond donors (Lipinski definition) is 2. The van der Waals surface area contributed by atoms with Gasteiger partial charge in [0.2, 0.25) is 5.91 Å². The van der Waals surface area contributed by atoms with Gasteiger partial charge >= 0.3 is 0 Å². The summed E-state index contributed by atoms with van der Waals surface area (Å²) in [6, 6.07) is 22.3. The van der Waals surface area contributed by atoms with Gasteiger partial charge in [-0.3, -0.25) is 9.78 Å². The number of carbonyl (C=O) groups excluding carboxylic acids is 1. The Morgan fingerprint density at radius 3 is 2.29 bits per heavy atom. The Balaban J connectivity index is 1.42. The number of thiocarbonyl (C=S) groups is 1. The van der Waals surface area contributed by atoms with Crippen LogP contribution in [0.15, 0.2) is 79.0 Å². The van der Waals surface area contributed by atoms with Gasteiger partial charge in [-0.1, -0.05) is 30.3 Å². The van der Waals surface area contributed by atoms with E-state index in [2.05, 4.69) is 15.6 Å². The van der Waals surface area contributed by atoms with Crippen molar-refractivity contribution in [3.05, 3.63) is 84.6 Å². The van der Waals surface area contributed by atoms with Crippen LogP contribution in [0.3, 0.4) is 0 Å². The minimum atomic E-state index is -0.319. The van der Waals surface area contributed by atoms with Crippen LogP contribution in [-0.4, -0.2) is 30.2 Å². The number of benzene rings is 3. The summed E-state index contributed by atoms with van der Waals surface area (Å²) < 4.78 is 16.9. The molecule has 1 amide bonds. The number of pyridine rings is 1. The molecule has 0 bridgehead atoms. The van der Waals surface area contributed by atoms with Gasteiger partial charge < -0.3 is 24.8 Å². The van der Waals surface area contributed by atoms with Crippen molar-refractivity contribution in [2.24, 2.45) is 0 Å². The van der Waals surface area contributed by atoms with E-state index in [4.69, 9.17) is 26.4 Å². The summed E-state index contributed by atoms with van der Waals surface area (Å²) in [6.07, 6.45) is 1.68. The SMILES string of the molecule is COc1cc2nccc(Oc3ccc(NC(=S)NC(=O)[C@H](C)c4ccccc4)cc3)c2cc1OC. The topological polar surface area (TPSA) is 81.7 Å². The predicted octanol–water partition coefficient (Wildman–Crippen LogP) is 5.66. The highest BCUT2D eigenvalue weighted by molar-refractivity contribution is 7.80. The summed E-state index contributed by atoms with van der Waals surface area (Å²) in [4.78, 5) is 16.9. The van der Waals surface area contributed by atoms with E-state index in [0.717, 1.165) is 22.2 Å². The molecule has 35 heavy (non-hydrogen) atoms. The predicted molar refractivity (Wildman–Crippen MR) is 141 cm³/mol. The first-order valence-corrected chi connectivity index (χ1v) is 11.3. The highest BCUT2D eigenvalue weighted by Crippen LogP contribution is 2.37. The third-order valence-electron chi connectivity index (χ3n) is 5.48. The Morgan fingerprint density at radius 2 is 1.60 bits per heavy atom. The monoisotopic (exact) mass is 487 g/mol. The zero-order valence-corrected chi connectivity index (χ0v) is 20.4. The van der Waals surface area contributed by atoms with Gasteiger partial charge in [0.1, 0.15) is 11.5 Å². The van der Waals surface area contributed by atoms with E-state index in [-0.39, 0.29) is 16.9 Å². The fourth-order valence-corrected chi connectivity index (χ4v) is 3.76. The van der Waals surface area contributed by atoms with E-state index in [1.54, 1.807) is 26.5 Å². The van der Waals surface area contributed by atoms with Gasteiger partial charge in [0.15, 0.2) is 16.6 Å². The van der Waals surface area contributed by atoms with Crippen LogP contribution in [0.5, 0.6) is 23.0 Å². The second-order valence-electron chi connectivity index (χ2n) is 7.74. The van der Waals surface area contributed by atoms with Gasteiger partial charge in [-0.05, 0) is 61.1 Å². The van der Waals surface area contributed by atoms with Gasteiger partial charge in [0.25, 0.3) is 0 Å². The molecule has 4 rings (SSSR count). The average molecular weight is 488 g/mol. The minimum Gasteiger partial charge on any atom is -0.493 e. The van der Waals surface area contributed by atoms with Crippen molar-refractivity contribution >= 4 is 39.8 Å². The Bertz CT molecular complexity index is 1340. The van der Waals surface area contributed by atoms with Crippen molar-refractivity contribution in [2.45, 2.75) is 12.8 Å². The highest BCUT2D eigenvalue weighted by atomic mass is 32.1. The maximum atomic E-state index is 12.5. The van der Waals surface area contributed by atoms with Gasteiger partial charge in [0.05, 0.1) is 25.7 Å². The molecule has 1 atom stereocenters. The number of fused-ring (bicyclic) bond motifs is 1. The zero-order chi connectivity index (χ0) is 24.8. The molecule has 3 aromatic carbocycles. The quantitative estimate of drug-likeness (QED) is 0.326. The van der Waals surface area contributed by atoms with Crippen LogP contribution in [0, 0.1) is 0 Å². The van der Waals surface area contributed by atoms with Crippen LogP contribution in [0.25, 0.3) is 10.9 Å². The smallest absolute Gasteiger partial charge is 0.233 e. The molecule has 0 aliphatic carbocycles. The lowest BCUT2D eigenvalue weighted by molar-refractivity contribution is -0.120. The molecular weight excluding hydrogens is 462 g/mol. The highest BCUT2D eigenvalue weighted by Gasteiger charge is 2.16. The molecular formula is C27H25N3O4S. The molecule has 0 radical (unpaired) electrons. The van der Waals surface area contributed by atoms with E-state index < -0.39 is 0 Å². The number of anilines is 1. The van der Waals surface area contributed by atoms with Gasteiger partial charge in [-0.15, -0.1) is 0 Å². The van der Waals surface area contributed by atoms with E-state index in [1.807, 2.05) is 73.7 Å². The first-order valence-electron chi connectivity index (χ1n) is 10.9. The number of ether oxygens (including phenoxy) is 3. The number of hydrogen-bond acceptors (Lipinski definition) is 6. The summed E-state index contributed by atoms with van der Waals surface area (Å²) in [5.74, 6) is 1.96. The minimum absolute atomic E-state index is 0.176. The number of amides is 1. The molecule has 1 heterocycles. The lowest BCUT2D eigenvalue weighted by Crippen LogP contribution is -2.36. The Kier molecular flexibility index (Phi) is 7.42.